The van der Waals surface area contributed by atoms with Crippen LogP contribution in [-0.4, -0.2) is 22.7 Å². The van der Waals surface area contributed by atoms with E-state index in [-0.39, 0.29) is 5.97 Å². The quantitative estimate of drug-likeness (QED) is 0.714. The predicted octanol–water partition coefficient (Wildman–Crippen LogP) is 2.32. The lowest BCUT2D eigenvalue weighted by molar-refractivity contribution is -0.145. The fourth-order valence-electron chi connectivity index (χ4n) is 1.33. The van der Waals surface area contributed by atoms with Gasteiger partial charge in [-0.25, -0.2) is 0 Å². The van der Waals surface area contributed by atoms with E-state index in [1.807, 2.05) is 0 Å². The van der Waals surface area contributed by atoms with Gasteiger partial charge >= 0.3 is 5.97 Å². The van der Waals surface area contributed by atoms with E-state index in [0.717, 1.165) is 12.8 Å². The minimum Gasteiger partial charge on any atom is -0.465 e. The zero-order valence-corrected chi connectivity index (χ0v) is 10.9. The maximum absolute atomic E-state index is 11.5. The topological polar surface area (TPSA) is 65.2 Å². The lowest BCUT2D eigenvalue weighted by atomic mass is 10.1. The number of esters is 1. The van der Waals surface area contributed by atoms with Crippen molar-refractivity contribution in [3.63, 3.8) is 0 Å². The molecule has 0 aliphatic heterocycles. The third kappa shape index (κ3) is 4.17. The molecule has 0 fully saturated rings. The van der Waals surface area contributed by atoms with Crippen molar-refractivity contribution in [3.05, 3.63) is 11.7 Å². The highest BCUT2D eigenvalue weighted by molar-refractivity contribution is 5.76. The first-order chi connectivity index (χ1) is 8.04. The number of ether oxygens (including phenoxy) is 1. The van der Waals surface area contributed by atoms with Crippen LogP contribution in [0, 0.1) is 5.92 Å². The van der Waals surface area contributed by atoms with Gasteiger partial charge in [0.15, 0.2) is 5.82 Å². The zero-order chi connectivity index (χ0) is 12.8. The Bertz CT molecular complexity index is 360. The van der Waals surface area contributed by atoms with Gasteiger partial charge in [0.1, 0.15) is 5.92 Å². The van der Waals surface area contributed by atoms with E-state index in [2.05, 4.69) is 24.0 Å². The second-order valence-corrected chi connectivity index (χ2v) is 4.46. The number of aromatic nitrogens is 2. The summed E-state index contributed by atoms with van der Waals surface area (Å²) in [5.74, 6) is 0.772. The molecule has 1 rings (SSSR count). The van der Waals surface area contributed by atoms with E-state index >= 15 is 0 Å². The van der Waals surface area contributed by atoms with Crippen LogP contribution in [0.15, 0.2) is 4.52 Å². The summed E-state index contributed by atoms with van der Waals surface area (Å²) in [5, 5.41) is 3.86. The molecule has 0 saturated heterocycles. The van der Waals surface area contributed by atoms with Gasteiger partial charge in [-0.05, 0) is 26.2 Å². The zero-order valence-electron chi connectivity index (χ0n) is 10.9. The van der Waals surface area contributed by atoms with E-state index < -0.39 is 5.92 Å². The van der Waals surface area contributed by atoms with E-state index in [4.69, 9.17) is 9.26 Å². The Morgan fingerprint density at radius 2 is 2.12 bits per heavy atom. The van der Waals surface area contributed by atoms with Gasteiger partial charge in [0.05, 0.1) is 6.61 Å². The first-order valence-electron chi connectivity index (χ1n) is 6.03. The number of rotatable bonds is 6. The molecule has 0 amide bonds. The molecule has 0 spiro atoms. The van der Waals surface area contributed by atoms with Gasteiger partial charge in [-0.2, -0.15) is 4.98 Å². The highest BCUT2D eigenvalue weighted by atomic mass is 16.5. The van der Waals surface area contributed by atoms with Crippen LogP contribution in [0.3, 0.4) is 0 Å². The molecule has 5 nitrogen and oxygen atoms in total. The number of hydrogen-bond donors (Lipinski definition) is 0. The standard InChI is InChI=1S/C12H20N2O3/c1-5-16-12(15)9(4)11-13-10(14-17-11)7-6-8(2)3/h8-9H,5-7H2,1-4H3. The first kappa shape index (κ1) is 13.7. The van der Waals surface area contributed by atoms with Gasteiger partial charge < -0.3 is 9.26 Å². The highest BCUT2D eigenvalue weighted by Gasteiger charge is 2.22. The molecule has 0 aliphatic carbocycles. The summed E-state index contributed by atoms with van der Waals surface area (Å²) in [6, 6.07) is 0. The Labute approximate surface area is 102 Å². The minimum absolute atomic E-state index is 0.327. The van der Waals surface area contributed by atoms with Gasteiger partial charge in [0, 0.05) is 6.42 Å². The summed E-state index contributed by atoms with van der Waals surface area (Å²) >= 11 is 0. The molecule has 1 atom stereocenters. The third-order valence-electron chi connectivity index (χ3n) is 2.44. The fraction of sp³-hybridized carbons (Fsp3) is 0.750. The van der Waals surface area contributed by atoms with Crippen molar-refractivity contribution in [2.24, 2.45) is 5.92 Å². The number of carbonyl (C=O) groups is 1. The van der Waals surface area contributed by atoms with E-state index in [1.165, 1.54) is 0 Å². The Kier molecular flexibility index (Phi) is 5.12. The van der Waals surface area contributed by atoms with Gasteiger partial charge in [-0.1, -0.05) is 19.0 Å². The van der Waals surface area contributed by atoms with Crippen LogP contribution in [-0.2, 0) is 16.0 Å². The van der Waals surface area contributed by atoms with Crippen molar-refractivity contribution in [1.29, 1.82) is 0 Å². The third-order valence-corrected chi connectivity index (χ3v) is 2.44. The van der Waals surface area contributed by atoms with Crippen LogP contribution in [0.25, 0.3) is 0 Å². The smallest absolute Gasteiger partial charge is 0.318 e. The van der Waals surface area contributed by atoms with Crippen LogP contribution in [0.2, 0.25) is 0 Å². The van der Waals surface area contributed by atoms with Gasteiger partial charge in [0.2, 0.25) is 5.89 Å². The summed E-state index contributed by atoms with van der Waals surface area (Å²) in [6.45, 7) is 8.12. The summed E-state index contributed by atoms with van der Waals surface area (Å²) in [5.41, 5.74) is 0. The van der Waals surface area contributed by atoms with Crippen LogP contribution in [0.4, 0.5) is 0 Å². The van der Waals surface area contributed by atoms with E-state index in [0.29, 0.717) is 24.2 Å². The first-order valence-corrected chi connectivity index (χ1v) is 6.03. The van der Waals surface area contributed by atoms with Crippen molar-refractivity contribution >= 4 is 5.97 Å². The maximum Gasteiger partial charge on any atom is 0.318 e. The molecule has 96 valence electrons. The Balaban J connectivity index is 2.57. The van der Waals surface area contributed by atoms with Crippen LogP contribution >= 0.6 is 0 Å². The summed E-state index contributed by atoms with van der Waals surface area (Å²) in [6.07, 6.45) is 1.78. The van der Waals surface area contributed by atoms with Crippen LogP contribution in [0.1, 0.15) is 51.7 Å². The summed E-state index contributed by atoms with van der Waals surface area (Å²) in [4.78, 5) is 15.7. The second-order valence-electron chi connectivity index (χ2n) is 4.46. The number of hydrogen-bond acceptors (Lipinski definition) is 5. The average molecular weight is 240 g/mol. The van der Waals surface area contributed by atoms with Gasteiger partial charge in [0.25, 0.3) is 0 Å². The molecule has 0 radical (unpaired) electrons. The molecule has 17 heavy (non-hydrogen) atoms. The Morgan fingerprint density at radius 3 is 2.71 bits per heavy atom. The minimum atomic E-state index is -0.491. The van der Waals surface area contributed by atoms with Crippen molar-refractivity contribution < 1.29 is 14.1 Å². The molecule has 0 saturated carbocycles. The monoisotopic (exact) mass is 240 g/mol. The molecular formula is C12H20N2O3. The Morgan fingerprint density at radius 1 is 1.41 bits per heavy atom. The molecule has 0 aliphatic rings. The lowest BCUT2D eigenvalue weighted by Gasteiger charge is -2.04. The average Bonchev–Trinajstić information content (AvgIpc) is 2.74. The van der Waals surface area contributed by atoms with Crippen molar-refractivity contribution in [1.82, 2.24) is 10.1 Å². The van der Waals surface area contributed by atoms with Crippen LogP contribution < -0.4 is 0 Å². The summed E-state index contributed by atoms with van der Waals surface area (Å²) in [7, 11) is 0. The molecule has 0 N–H and O–H groups in total. The molecule has 1 aromatic heterocycles. The number of nitrogens with zero attached hydrogens (tertiary/aromatic N) is 2. The molecular weight excluding hydrogens is 220 g/mol. The number of aryl methyl sites for hydroxylation is 1. The maximum atomic E-state index is 11.5. The fourth-order valence-corrected chi connectivity index (χ4v) is 1.33. The molecule has 1 heterocycles. The van der Waals surface area contributed by atoms with Crippen LogP contribution in [0.5, 0.6) is 0 Å². The molecule has 1 unspecified atom stereocenters. The van der Waals surface area contributed by atoms with Crippen molar-refractivity contribution in [3.8, 4) is 0 Å². The van der Waals surface area contributed by atoms with Gasteiger partial charge in [-0.3, -0.25) is 4.79 Å². The second kappa shape index (κ2) is 6.37. The van der Waals surface area contributed by atoms with E-state index in [9.17, 15) is 4.79 Å². The lowest BCUT2D eigenvalue weighted by Crippen LogP contribution is -2.13. The van der Waals surface area contributed by atoms with Crippen molar-refractivity contribution in [2.75, 3.05) is 6.61 Å². The number of carbonyl (C=O) groups excluding carboxylic acids is 1. The molecule has 5 heteroatoms. The predicted molar refractivity (Wildman–Crippen MR) is 62.5 cm³/mol. The van der Waals surface area contributed by atoms with E-state index in [1.54, 1.807) is 13.8 Å². The summed E-state index contributed by atoms with van der Waals surface area (Å²) < 4.78 is 9.96. The SMILES string of the molecule is CCOC(=O)C(C)c1nc(CCC(C)C)no1. The Hall–Kier alpha value is -1.39. The molecule has 1 aromatic rings. The molecule has 0 aromatic carbocycles. The van der Waals surface area contributed by atoms with Crippen molar-refractivity contribution in [2.45, 2.75) is 46.5 Å². The highest BCUT2D eigenvalue weighted by Crippen LogP contribution is 2.15. The largest absolute Gasteiger partial charge is 0.465 e. The molecule has 0 bridgehead atoms. The van der Waals surface area contributed by atoms with Gasteiger partial charge in [-0.15, -0.1) is 0 Å². The normalized spacial score (nSPS) is 12.8.